The largest absolute Gasteiger partial charge is 0.461 e. The number of nitrogens with one attached hydrogen (secondary N) is 1. The van der Waals surface area contributed by atoms with E-state index in [0.717, 1.165) is 19.6 Å². The second kappa shape index (κ2) is 9.14. The molecule has 24 heavy (non-hydrogen) atoms. The van der Waals surface area contributed by atoms with Gasteiger partial charge in [-0.15, -0.1) is 11.3 Å². The minimum absolute atomic E-state index is 0.272. The van der Waals surface area contributed by atoms with Gasteiger partial charge < -0.3 is 15.0 Å². The van der Waals surface area contributed by atoms with E-state index in [9.17, 15) is 9.59 Å². The lowest BCUT2D eigenvalue weighted by atomic mass is 10.2. The monoisotopic (exact) mass is 347 g/mol. The van der Waals surface area contributed by atoms with Crippen LogP contribution in [0.4, 0.5) is 5.69 Å². The first kappa shape index (κ1) is 18.1. The molecule has 2 rings (SSSR count). The van der Waals surface area contributed by atoms with Gasteiger partial charge in [0.2, 0.25) is 0 Å². The SMILES string of the molecule is CCN(CC)CCOC(=O)c1ccc(NC(=O)c2cscn2)cc1. The van der Waals surface area contributed by atoms with Crippen LogP contribution in [0.3, 0.4) is 0 Å². The smallest absolute Gasteiger partial charge is 0.338 e. The lowest BCUT2D eigenvalue weighted by Crippen LogP contribution is -2.27. The molecule has 1 amide bonds. The number of esters is 1. The van der Waals surface area contributed by atoms with Crippen molar-refractivity contribution in [3.63, 3.8) is 0 Å². The quantitative estimate of drug-likeness (QED) is 0.744. The standard InChI is InChI=1S/C17H21N3O3S/c1-3-20(4-2)9-10-23-17(22)13-5-7-14(8-6-13)19-16(21)15-11-24-12-18-15/h5-8,11-12H,3-4,9-10H2,1-2H3,(H,19,21). The maximum absolute atomic E-state index is 12.0. The third kappa shape index (κ3) is 5.14. The molecule has 2 aromatic rings. The Labute approximate surface area is 145 Å². The predicted molar refractivity (Wildman–Crippen MR) is 94.6 cm³/mol. The first-order valence-electron chi connectivity index (χ1n) is 7.83. The molecule has 1 aromatic heterocycles. The average Bonchev–Trinajstić information content (AvgIpc) is 3.14. The average molecular weight is 347 g/mol. The van der Waals surface area contributed by atoms with Gasteiger partial charge in [-0.1, -0.05) is 13.8 Å². The van der Waals surface area contributed by atoms with Crippen molar-refractivity contribution in [2.24, 2.45) is 0 Å². The first-order chi connectivity index (χ1) is 11.6. The summed E-state index contributed by atoms with van der Waals surface area (Å²) in [5, 5.41) is 4.41. The summed E-state index contributed by atoms with van der Waals surface area (Å²) in [6.07, 6.45) is 0. The van der Waals surface area contributed by atoms with Gasteiger partial charge in [-0.3, -0.25) is 4.79 Å². The fourth-order valence-electron chi connectivity index (χ4n) is 2.10. The Hall–Kier alpha value is -2.25. The normalized spacial score (nSPS) is 10.6. The Morgan fingerprint density at radius 2 is 1.92 bits per heavy atom. The van der Waals surface area contributed by atoms with Gasteiger partial charge in [-0.2, -0.15) is 0 Å². The molecule has 0 unspecified atom stereocenters. The molecule has 0 aliphatic rings. The van der Waals surface area contributed by atoms with Gasteiger partial charge >= 0.3 is 5.97 Å². The van der Waals surface area contributed by atoms with Crippen LogP contribution in [0.2, 0.25) is 0 Å². The predicted octanol–water partition coefficient (Wildman–Crippen LogP) is 2.89. The van der Waals surface area contributed by atoms with Crippen molar-refractivity contribution < 1.29 is 14.3 Å². The molecule has 0 bridgehead atoms. The Bertz CT molecular complexity index is 652. The second-order valence-corrected chi connectivity index (χ2v) is 5.79. The molecule has 0 aliphatic carbocycles. The van der Waals surface area contributed by atoms with Crippen LogP contribution >= 0.6 is 11.3 Å². The van der Waals surface area contributed by atoms with E-state index in [4.69, 9.17) is 4.74 Å². The number of hydrogen-bond acceptors (Lipinski definition) is 6. The molecule has 0 aliphatic heterocycles. The number of ether oxygens (including phenoxy) is 1. The summed E-state index contributed by atoms with van der Waals surface area (Å²) in [7, 11) is 0. The van der Waals surface area contributed by atoms with Crippen LogP contribution < -0.4 is 5.32 Å². The van der Waals surface area contributed by atoms with Gasteiger partial charge in [-0.25, -0.2) is 9.78 Å². The van der Waals surface area contributed by atoms with Crippen molar-refractivity contribution in [3.05, 3.63) is 46.4 Å². The summed E-state index contributed by atoms with van der Waals surface area (Å²) >= 11 is 1.36. The molecule has 1 aromatic carbocycles. The summed E-state index contributed by atoms with van der Waals surface area (Å²) in [6, 6.07) is 6.61. The van der Waals surface area contributed by atoms with Crippen LogP contribution in [-0.4, -0.2) is 48.0 Å². The number of amides is 1. The molecule has 1 N–H and O–H groups in total. The molecule has 0 radical (unpaired) electrons. The minimum atomic E-state index is -0.362. The Balaban J connectivity index is 1.84. The maximum Gasteiger partial charge on any atom is 0.338 e. The number of carbonyl (C=O) groups is 2. The summed E-state index contributed by atoms with van der Waals surface area (Å²) < 4.78 is 5.27. The Morgan fingerprint density at radius 1 is 1.21 bits per heavy atom. The van der Waals surface area contributed by atoms with Crippen LogP contribution in [0.15, 0.2) is 35.2 Å². The van der Waals surface area contributed by atoms with E-state index >= 15 is 0 Å². The zero-order valence-corrected chi connectivity index (χ0v) is 14.6. The van der Waals surface area contributed by atoms with Gasteiger partial charge in [0.1, 0.15) is 12.3 Å². The van der Waals surface area contributed by atoms with E-state index in [1.165, 1.54) is 11.3 Å². The molecule has 128 valence electrons. The van der Waals surface area contributed by atoms with Crippen molar-refractivity contribution >= 4 is 28.9 Å². The fraction of sp³-hybridized carbons (Fsp3) is 0.353. The van der Waals surface area contributed by atoms with Crippen LogP contribution in [0.25, 0.3) is 0 Å². The topological polar surface area (TPSA) is 71.5 Å². The van der Waals surface area contributed by atoms with Gasteiger partial charge in [0.25, 0.3) is 5.91 Å². The highest BCUT2D eigenvalue weighted by atomic mass is 32.1. The highest BCUT2D eigenvalue weighted by Gasteiger charge is 2.10. The maximum atomic E-state index is 12.0. The van der Waals surface area contributed by atoms with Crippen LogP contribution in [-0.2, 0) is 4.74 Å². The van der Waals surface area contributed by atoms with Crippen LogP contribution in [0.1, 0.15) is 34.7 Å². The molecule has 0 saturated carbocycles. The van der Waals surface area contributed by atoms with Crippen molar-refractivity contribution in [1.82, 2.24) is 9.88 Å². The second-order valence-electron chi connectivity index (χ2n) is 5.07. The molecule has 0 fully saturated rings. The number of carbonyl (C=O) groups excluding carboxylic acids is 2. The van der Waals surface area contributed by atoms with Crippen LogP contribution in [0, 0.1) is 0 Å². The first-order valence-corrected chi connectivity index (χ1v) is 8.77. The zero-order chi connectivity index (χ0) is 17.4. The summed E-state index contributed by atoms with van der Waals surface area (Å²) in [5.41, 5.74) is 3.04. The lowest BCUT2D eigenvalue weighted by Gasteiger charge is -2.17. The number of hydrogen-bond donors (Lipinski definition) is 1. The molecular weight excluding hydrogens is 326 g/mol. The summed E-state index contributed by atoms with van der Waals surface area (Å²) in [6.45, 7) is 7.10. The number of anilines is 1. The Morgan fingerprint density at radius 3 is 2.50 bits per heavy atom. The number of likely N-dealkylation sites (N-methyl/N-ethyl adjacent to an activating group) is 1. The number of nitrogens with zero attached hydrogens (tertiary/aromatic N) is 2. The van der Waals surface area contributed by atoms with Gasteiger partial charge in [0.05, 0.1) is 11.1 Å². The van der Waals surface area contributed by atoms with Crippen molar-refractivity contribution in [3.8, 4) is 0 Å². The van der Waals surface area contributed by atoms with Gasteiger partial charge in [-0.05, 0) is 37.4 Å². The third-order valence-electron chi connectivity index (χ3n) is 3.58. The molecule has 0 spiro atoms. The fourth-order valence-corrected chi connectivity index (χ4v) is 2.63. The number of aromatic nitrogens is 1. The molecule has 7 heteroatoms. The molecule has 1 heterocycles. The van der Waals surface area contributed by atoms with Crippen LogP contribution in [0.5, 0.6) is 0 Å². The minimum Gasteiger partial charge on any atom is -0.461 e. The molecule has 0 saturated heterocycles. The van der Waals surface area contributed by atoms with Crippen molar-refractivity contribution in [2.45, 2.75) is 13.8 Å². The summed E-state index contributed by atoms with van der Waals surface area (Å²) in [5.74, 6) is -0.634. The molecule has 6 nitrogen and oxygen atoms in total. The highest BCUT2D eigenvalue weighted by molar-refractivity contribution is 7.07. The third-order valence-corrected chi connectivity index (χ3v) is 4.16. The van der Waals surface area contributed by atoms with Gasteiger partial charge in [0, 0.05) is 17.6 Å². The number of benzene rings is 1. The van der Waals surface area contributed by atoms with E-state index in [1.54, 1.807) is 35.2 Å². The van der Waals surface area contributed by atoms with Crippen molar-refractivity contribution in [2.75, 3.05) is 31.6 Å². The van der Waals surface area contributed by atoms with E-state index in [-0.39, 0.29) is 11.9 Å². The number of rotatable bonds is 8. The van der Waals surface area contributed by atoms with E-state index in [1.807, 2.05) is 0 Å². The molecule has 0 atom stereocenters. The summed E-state index contributed by atoms with van der Waals surface area (Å²) in [4.78, 5) is 30.0. The van der Waals surface area contributed by atoms with Gasteiger partial charge in [0.15, 0.2) is 0 Å². The lowest BCUT2D eigenvalue weighted by molar-refractivity contribution is 0.0466. The van der Waals surface area contributed by atoms with Crippen molar-refractivity contribution in [1.29, 1.82) is 0 Å². The van der Waals surface area contributed by atoms with E-state index < -0.39 is 0 Å². The van der Waals surface area contributed by atoms with E-state index in [0.29, 0.717) is 23.6 Å². The highest BCUT2D eigenvalue weighted by Crippen LogP contribution is 2.12. The molecular formula is C17H21N3O3S. The number of thiazole rings is 1. The Kier molecular flexibility index (Phi) is 6.89. The zero-order valence-electron chi connectivity index (χ0n) is 13.8. The van der Waals surface area contributed by atoms with E-state index in [2.05, 4.69) is 29.0 Å².